The van der Waals surface area contributed by atoms with Crippen molar-refractivity contribution in [3.8, 4) is 0 Å². The first-order valence-corrected chi connectivity index (χ1v) is 15.3. The van der Waals surface area contributed by atoms with Crippen molar-refractivity contribution in [1.29, 1.82) is 0 Å². The van der Waals surface area contributed by atoms with E-state index in [1.165, 1.54) is 44.3 Å². The van der Waals surface area contributed by atoms with E-state index in [0.717, 1.165) is 41.4 Å². The minimum Gasteiger partial charge on any atom is -0.548 e. The van der Waals surface area contributed by atoms with Crippen LogP contribution >= 0.6 is 0 Å². The van der Waals surface area contributed by atoms with Crippen molar-refractivity contribution >= 4 is 8.32 Å². The molecule has 3 saturated carbocycles. The minimum absolute atomic E-state index is 0.496. The van der Waals surface area contributed by atoms with Crippen molar-refractivity contribution in [2.24, 2.45) is 52.3 Å². The van der Waals surface area contributed by atoms with Gasteiger partial charge in [0.1, 0.15) is 0 Å². The van der Waals surface area contributed by atoms with Gasteiger partial charge in [0.05, 0.1) is 5.76 Å². The summed E-state index contributed by atoms with van der Waals surface area (Å²) in [5, 5.41) is 0. The normalized spacial score (nSPS) is 52.4. The second kappa shape index (κ2) is 6.38. The molecule has 0 bridgehead atoms. The molecular formula is C25H44OSi. The molecule has 0 N–H and O–H groups in total. The summed E-state index contributed by atoms with van der Waals surface area (Å²) >= 11 is 0. The Balaban J connectivity index is 1.67. The summed E-state index contributed by atoms with van der Waals surface area (Å²) in [6.07, 6.45) is 11.1. The predicted octanol–water partition coefficient (Wildman–Crippen LogP) is 7.50. The van der Waals surface area contributed by atoms with Gasteiger partial charge in [-0.25, -0.2) is 0 Å². The van der Waals surface area contributed by atoms with Gasteiger partial charge in [-0.3, -0.25) is 0 Å². The molecule has 0 amide bonds. The average molecular weight is 389 g/mol. The highest BCUT2D eigenvalue weighted by molar-refractivity contribution is 6.70. The Bertz CT molecular complexity index is 618. The molecule has 3 fully saturated rings. The van der Waals surface area contributed by atoms with Crippen molar-refractivity contribution in [2.45, 2.75) is 92.8 Å². The van der Waals surface area contributed by atoms with E-state index in [0.29, 0.717) is 10.8 Å². The van der Waals surface area contributed by atoms with Crippen LogP contribution in [0.2, 0.25) is 19.6 Å². The van der Waals surface area contributed by atoms with Gasteiger partial charge in [-0.15, -0.1) is 0 Å². The number of rotatable bonds is 2. The lowest BCUT2D eigenvalue weighted by Crippen LogP contribution is -2.57. The van der Waals surface area contributed by atoms with E-state index in [1.54, 1.807) is 0 Å². The topological polar surface area (TPSA) is 9.23 Å². The van der Waals surface area contributed by atoms with Crippen LogP contribution in [0.4, 0.5) is 0 Å². The molecule has 2 heteroatoms. The Kier molecular flexibility index (Phi) is 4.73. The largest absolute Gasteiger partial charge is 0.548 e. The number of hydrogen-bond donors (Lipinski definition) is 0. The maximum Gasteiger partial charge on any atom is 0.241 e. The molecule has 4 rings (SSSR count). The lowest BCUT2D eigenvalue weighted by molar-refractivity contribution is -0.139. The second-order valence-electron chi connectivity index (χ2n) is 12.4. The molecule has 9 unspecified atom stereocenters. The summed E-state index contributed by atoms with van der Waals surface area (Å²) in [4.78, 5) is 0. The molecule has 0 radical (unpaired) electrons. The molecule has 0 heterocycles. The van der Waals surface area contributed by atoms with Crippen LogP contribution in [-0.2, 0) is 4.43 Å². The van der Waals surface area contributed by atoms with E-state index >= 15 is 0 Å². The highest BCUT2D eigenvalue weighted by Gasteiger charge is 2.62. The van der Waals surface area contributed by atoms with Crippen LogP contribution in [0.5, 0.6) is 0 Å². The summed E-state index contributed by atoms with van der Waals surface area (Å²) < 4.78 is 6.49. The minimum atomic E-state index is -1.50. The van der Waals surface area contributed by atoms with Crippen LogP contribution in [0.15, 0.2) is 11.8 Å². The quantitative estimate of drug-likeness (QED) is 0.445. The van der Waals surface area contributed by atoms with Crippen LogP contribution < -0.4 is 0 Å². The SMILES string of the molecule is CC1C(C)C2C=C(O[Si](C)(C)C)CCC2(C)C2CCC3(C)C(C)CCC3C12. The summed E-state index contributed by atoms with van der Waals surface area (Å²) in [7, 11) is -1.50. The van der Waals surface area contributed by atoms with Crippen LogP contribution in [0.3, 0.4) is 0 Å². The van der Waals surface area contributed by atoms with Crippen molar-refractivity contribution in [1.82, 2.24) is 0 Å². The maximum atomic E-state index is 6.49. The fourth-order valence-corrected chi connectivity index (χ4v) is 9.29. The van der Waals surface area contributed by atoms with Crippen molar-refractivity contribution in [3.63, 3.8) is 0 Å². The number of fused-ring (bicyclic) bond motifs is 5. The molecule has 0 aromatic rings. The van der Waals surface area contributed by atoms with Gasteiger partial charge < -0.3 is 4.43 Å². The Labute approximate surface area is 169 Å². The monoisotopic (exact) mass is 388 g/mol. The van der Waals surface area contributed by atoms with Gasteiger partial charge in [0.15, 0.2) is 0 Å². The van der Waals surface area contributed by atoms with Gasteiger partial charge in [-0.2, -0.15) is 0 Å². The zero-order valence-electron chi connectivity index (χ0n) is 19.3. The van der Waals surface area contributed by atoms with Gasteiger partial charge >= 0.3 is 0 Å². The van der Waals surface area contributed by atoms with Crippen molar-refractivity contribution in [3.05, 3.63) is 11.8 Å². The first kappa shape index (κ1) is 20.0. The molecule has 154 valence electrons. The standard InChI is InChI=1S/C25H44OSi/c1-16-9-10-20-23-18(3)17(2)22-15-19(26-27(6,7)8)11-13-25(22,5)21(23)12-14-24(16,20)4/h15-18,20-23H,9-14H2,1-8H3. The third-order valence-electron chi connectivity index (χ3n) is 10.1. The molecule has 0 spiro atoms. The van der Waals surface area contributed by atoms with E-state index < -0.39 is 8.32 Å². The molecule has 0 aliphatic heterocycles. The highest BCUT2D eigenvalue weighted by Crippen LogP contribution is 2.69. The third-order valence-corrected chi connectivity index (χ3v) is 11.0. The lowest BCUT2D eigenvalue weighted by atomic mass is 9.41. The zero-order valence-corrected chi connectivity index (χ0v) is 20.3. The smallest absolute Gasteiger partial charge is 0.241 e. The Morgan fingerprint density at radius 1 is 0.889 bits per heavy atom. The van der Waals surface area contributed by atoms with E-state index in [-0.39, 0.29) is 0 Å². The van der Waals surface area contributed by atoms with E-state index in [1.807, 2.05) is 0 Å². The molecule has 0 aromatic heterocycles. The Morgan fingerprint density at radius 2 is 1.56 bits per heavy atom. The lowest BCUT2D eigenvalue weighted by Gasteiger charge is -2.63. The maximum absolute atomic E-state index is 6.49. The third kappa shape index (κ3) is 2.99. The fraction of sp³-hybridized carbons (Fsp3) is 0.920. The summed E-state index contributed by atoms with van der Waals surface area (Å²) in [5.74, 6) is 7.49. The van der Waals surface area contributed by atoms with E-state index in [2.05, 4.69) is 60.3 Å². The number of hydrogen-bond acceptors (Lipinski definition) is 1. The number of allylic oxidation sites excluding steroid dienone is 2. The van der Waals surface area contributed by atoms with Crippen LogP contribution in [0.1, 0.15) is 73.1 Å². The molecule has 4 aliphatic carbocycles. The second-order valence-corrected chi connectivity index (χ2v) is 16.8. The zero-order chi connectivity index (χ0) is 19.8. The first-order valence-electron chi connectivity index (χ1n) is 11.9. The van der Waals surface area contributed by atoms with Crippen molar-refractivity contribution in [2.75, 3.05) is 0 Å². The van der Waals surface area contributed by atoms with Gasteiger partial charge in [0.2, 0.25) is 8.32 Å². The molecule has 0 aromatic carbocycles. The van der Waals surface area contributed by atoms with Crippen LogP contribution in [0.25, 0.3) is 0 Å². The average Bonchev–Trinajstić information content (AvgIpc) is 2.88. The van der Waals surface area contributed by atoms with Crippen LogP contribution in [-0.4, -0.2) is 8.32 Å². The Morgan fingerprint density at radius 3 is 2.22 bits per heavy atom. The van der Waals surface area contributed by atoms with E-state index in [4.69, 9.17) is 4.43 Å². The summed E-state index contributed by atoms with van der Waals surface area (Å²) in [6.45, 7) is 20.0. The molecule has 0 saturated heterocycles. The fourth-order valence-electron chi connectivity index (χ4n) is 8.33. The predicted molar refractivity (Wildman–Crippen MR) is 118 cm³/mol. The summed E-state index contributed by atoms with van der Waals surface area (Å²) in [5.41, 5.74) is 1.12. The van der Waals surface area contributed by atoms with Gasteiger partial charge in [0.25, 0.3) is 0 Å². The first-order chi connectivity index (χ1) is 12.5. The van der Waals surface area contributed by atoms with Gasteiger partial charge in [-0.1, -0.05) is 34.6 Å². The van der Waals surface area contributed by atoms with Gasteiger partial charge in [-0.05, 0) is 110 Å². The molecule has 27 heavy (non-hydrogen) atoms. The molecule has 4 aliphatic rings. The van der Waals surface area contributed by atoms with Crippen LogP contribution in [0, 0.1) is 52.3 Å². The molecular weight excluding hydrogens is 344 g/mol. The Hall–Kier alpha value is -0.243. The summed E-state index contributed by atoms with van der Waals surface area (Å²) in [6, 6.07) is 0. The van der Waals surface area contributed by atoms with Crippen molar-refractivity contribution < 1.29 is 4.43 Å². The molecule has 1 nitrogen and oxygen atoms in total. The van der Waals surface area contributed by atoms with Gasteiger partial charge in [0, 0.05) is 6.42 Å². The molecule has 9 atom stereocenters. The highest BCUT2D eigenvalue weighted by atomic mass is 28.4. The van der Waals surface area contributed by atoms with E-state index in [9.17, 15) is 0 Å².